The van der Waals surface area contributed by atoms with Crippen molar-refractivity contribution in [3.8, 4) is 22.6 Å². The lowest BCUT2D eigenvalue weighted by molar-refractivity contribution is -0.192. The van der Waals surface area contributed by atoms with Crippen molar-refractivity contribution in [3.05, 3.63) is 78.6 Å². The topological polar surface area (TPSA) is 111 Å². The zero-order valence-electron chi connectivity index (χ0n) is 19.3. The van der Waals surface area contributed by atoms with Crippen LogP contribution in [0.15, 0.2) is 73.1 Å². The predicted molar refractivity (Wildman–Crippen MR) is 128 cm³/mol. The molecule has 4 aromatic rings. The Labute approximate surface area is 208 Å². The fraction of sp³-hybridized carbons (Fsp3) is 0.154. The summed E-state index contributed by atoms with van der Waals surface area (Å²) < 4.78 is 43.1. The summed E-state index contributed by atoms with van der Waals surface area (Å²) in [5.74, 6) is -1.77. The molecule has 0 fully saturated rings. The van der Waals surface area contributed by atoms with E-state index in [9.17, 15) is 18.0 Å². The number of benzene rings is 2. The molecule has 1 amide bonds. The first kappa shape index (κ1) is 25.4. The number of aryl methyl sites for hydroxylation is 1. The van der Waals surface area contributed by atoms with Gasteiger partial charge in [0.15, 0.2) is 17.1 Å². The van der Waals surface area contributed by atoms with E-state index >= 15 is 0 Å². The third-order valence-electron chi connectivity index (χ3n) is 5.30. The molecule has 0 spiro atoms. The standard InChI is InChI=1S/C24H19N3O3.C2HF3O2/c1-15-11-18(27-24(28)22-14-29-20-6-2-3-7-21(20)30-22)8-9-19(15)17-12-16-5-4-10-25-23(16)26-13-17;3-2(4,5)1(6)7/h2-13,22H,14H2,1H3,(H,27,28);(H,6,7). The normalized spacial score (nSPS) is 14.3. The van der Waals surface area contributed by atoms with E-state index < -0.39 is 18.2 Å². The number of nitrogens with one attached hydrogen (secondary N) is 1. The van der Waals surface area contributed by atoms with Gasteiger partial charge in [0.25, 0.3) is 5.91 Å². The lowest BCUT2D eigenvalue weighted by atomic mass is 10.0. The number of hydrogen-bond acceptors (Lipinski definition) is 6. The van der Waals surface area contributed by atoms with Crippen LogP contribution in [0.25, 0.3) is 22.2 Å². The summed E-state index contributed by atoms with van der Waals surface area (Å²) in [6.45, 7) is 2.19. The van der Waals surface area contributed by atoms with Crippen molar-refractivity contribution in [2.75, 3.05) is 11.9 Å². The molecular weight excluding hydrogens is 491 g/mol. The molecule has 0 saturated heterocycles. The number of halogens is 3. The van der Waals surface area contributed by atoms with E-state index in [0.29, 0.717) is 17.2 Å². The van der Waals surface area contributed by atoms with Gasteiger partial charge in [0.1, 0.15) is 6.61 Å². The summed E-state index contributed by atoms with van der Waals surface area (Å²) in [5, 5.41) is 11.0. The highest BCUT2D eigenvalue weighted by molar-refractivity contribution is 5.95. The van der Waals surface area contributed by atoms with E-state index in [1.54, 1.807) is 12.3 Å². The molecule has 8 nitrogen and oxygen atoms in total. The largest absolute Gasteiger partial charge is 0.490 e. The molecule has 1 atom stereocenters. The van der Waals surface area contributed by atoms with Crippen molar-refractivity contribution in [2.24, 2.45) is 0 Å². The Bertz CT molecular complexity index is 1460. The van der Waals surface area contributed by atoms with Crippen molar-refractivity contribution < 1.29 is 37.3 Å². The number of alkyl halides is 3. The van der Waals surface area contributed by atoms with Crippen LogP contribution in [0.1, 0.15) is 5.56 Å². The van der Waals surface area contributed by atoms with Gasteiger partial charge in [-0.05, 0) is 60.5 Å². The van der Waals surface area contributed by atoms with Gasteiger partial charge in [0.2, 0.25) is 6.10 Å². The fourth-order valence-corrected chi connectivity index (χ4v) is 3.55. The van der Waals surface area contributed by atoms with Crippen molar-refractivity contribution in [3.63, 3.8) is 0 Å². The minimum atomic E-state index is -5.08. The number of carboxylic acid groups (broad SMARTS) is 1. The number of nitrogens with zero attached hydrogens (tertiary/aromatic N) is 2. The smallest absolute Gasteiger partial charge is 0.485 e. The first-order chi connectivity index (χ1) is 17.6. The lowest BCUT2D eigenvalue weighted by Crippen LogP contribution is -2.40. The van der Waals surface area contributed by atoms with E-state index in [-0.39, 0.29) is 12.5 Å². The molecule has 190 valence electrons. The van der Waals surface area contributed by atoms with Crippen LogP contribution >= 0.6 is 0 Å². The molecule has 0 aliphatic carbocycles. The number of hydrogen-bond donors (Lipinski definition) is 2. The molecule has 0 bridgehead atoms. The first-order valence-electron chi connectivity index (χ1n) is 10.9. The minimum absolute atomic E-state index is 0.177. The van der Waals surface area contributed by atoms with Gasteiger partial charge in [-0.1, -0.05) is 18.2 Å². The minimum Gasteiger partial charge on any atom is -0.485 e. The van der Waals surface area contributed by atoms with E-state index in [1.165, 1.54) is 0 Å². The predicted octanol–water partition coefficient (Wildman–Crippen LogP) is 5.02. The number of carbonyl (C=O) groups is 2. The Morgan fingerprint density at radius 1 is 1.03 bits per heavy atom. The molecule has 0 saturated carbocycles. The van der Waals surface area contributed by atoms with Gasteiger partial charge >= 0.3 is 12.1 Å². The summed E-state index contributed by atoms with van der Waals surface area (Å²) >= 11 is 0. The molecule has 1 aliphatic heterocycles. The second-order valence-corrected chi connectivity index (χ2v) is 7.96. The van der Waals surface area contributed by atoms with Crippen LogP contribution in [0, 0.1) is 6.92 Å². The molecule has 3 heterocycles. The second kappa shape index (κ2) is 10.5. The SMILES string of the molecule is Cc1cc(NC(=O)C2COc3ccccc3O2)ccc1-c1cnc2ncccc2c1.O=C(O)C(F)(F)F. The third-order valence-corrected chi connectivity index (χ3v) is 5.30. The number of ether oxygens (including phenoxy) is 2. The molecule has 1 unspecified atom stereocenters. The van der Waals surface area contributed by atoms with E-state index in [0.717, 1.165) is 27.7 Å². The summed E-state index contributed by atoms with van der Waals surface area (Å²) in [5.41, 5.74) is 4.52. The Balaban J connectivity index is 0.000000405. The third kappa shape index (κ3) is 6.13. The van der Waals surface area contributed by atoms with Gasteiger partial charge in [-0.25, -0.2) is 14.8 Å². The molecule has 5 rings (SSSR count). The molecule has 1 aliphatic rings. The van der Waals surface area contributed by atoms with Crippen molar-refractivity contribution in [1.29, 1.82) is 0 Å². The average Bonchev–Trinajstić information content (AvgIpc) is 2.88. The molecule has 37 heavy (non-hydrogen) atoms. The Morgan fingerprint density at radius 3 is 2.46 bits per heavy atom. The molecule has 2 aromatic carbocycles. The number of carboxylic acids is 1. The van der Waals surface area contributed by atoms with Crippen LogP contribution in [-0.2, 0) is 9.59 Å². The van der Waals surface area contributed by atoms with Crippen LogP contribution in [-0.4, -0.2) is 45.8 Å². The Morgan fingerprint density at radius 2 is 1.76 bits per heavy atom. The zero-order chi connectivity index (χ0) is 26.6. The maximum absolute atomic E-state index is 12.7. The van der Waals surface area contributed by atoms with Gasteiger partial charge in [0, 0.05) is 29.0 Å². The van der Waals surface area contributed by atoms with E-state index in [1.807, 2.05) is 61.7 Å². The second-order valence-electron chi connectivity index (χ2n) is 7.96. The van der Waals surface area contributed by atoms with Crippen molar-refractivity contribution >= 4 is 28.6 Å². The number of fused-ring (bicyclic) bond motifs is 2. The van der Waals surface area contributed by atoms with Crippen LogP contribution in [0.5, 0.6) is 11.5 Å². The molecule has 2 aromatic heterocycles. The number of carbonyl (C=O) groups excluding carboxylic acids is 1. The summed E-state index contributed by atoms with van der Waals surface area (Å²) in [7, 11) is 0. The van der Waals surface area contributed by atoms with E-state index in [4.69, 9.17) is 19.4 Å². The first-order valence-corrected chi connectivity index (χ1v) is 10.9. The number of para-hydroxylation sites is 2. The summed E-state index contributed by atoms with van der Waals surface area (Å²) in [4.78, 5) is 30.3. The summed E-state index contributed by atoms with van der Waals surface area (Å²) in [6.07, 6.45) is -2.23. The highest BCUT2D eigenvalue weighted by Gasteiger charge is 2.38. The quantitative estimate of drug-likeness (QED) is 0.398. The van der Waals surface area contributed by atoms with Gasteiger partial charge in [0.05, 0.1) is 0 Å². The fourth-order valence-electron chi connectivity index (χ4n) is 3.55. The van der Waals surface area contributed by atoms with Gasteiger partial charge < -0.3 is 19.9 Å². The number of aromatic nitrogens is 2. The number of pyridine rings is 2. The molecule has 2 N–H and O–H groups in total. The van der Waals surface area contributed by atoms with Crippen LogP contribution in [0.2, 0.25) is 0 Å². The highest BCUT2D eigenvalue weighted by Crippen LogP contribution is 2.32. The number of aliphatic carboxylic acids is 1. The van der Waals surface area contributed by atoms with E-state index in [2.05, 4.69) is 21.4 Å². The molecular formula is C26H20F3N3O5. The van der Waals surface area contributed by atoms with Gasteiger partial charge in [-0.3, -0.25) is 4.79 Å². The Hall–Kier alpha value is -4.67. The zero-order valence-corrected chi connectivity index (χ0v) is 19.3. The number of anilines is 1. The maximum atomic E-state index is 12.7. The van der Waals surface area contributed by atoms with Crippen LogP contribution in [0.3, 0.4) is 0 Å². The lowest BCUT2D eigenvalue weighted by Gasteiger charge is -2.25. The monoisotopic (exact) mass is 511 g/mol. The molecule has 0 radical (unpaired) electrons. The van der Waals surface area contributed by atoms with Crippen molar-refractivity contribution in [1.82, 2.24) is 9.97 Å². The highest BCUT2D eigenvalue weighted by atomic mass is 19.4. The van der Waals surface area contributed by atoms with Crippen LogP contribution in [0.4, 0.5) is 18.9 Å². The van der Waals surface area contributed by atoms with Gasteiger partial charge in [-0.15, -0.1) is 0 Å². The number of rotatable bonds is 3. The Kier molecular flexibility index (Phi) is 7.23. The maximum Gasteiger partial charge on any atom is 0.490 e. The van der Waals surface area contributed by atoms with Crippen LogP contribution < -0.4 is 14.8 Å². The summed E-state index contributed by atoms with van der Waals surface area (Å²) in [6, 6.07) is 19.1. The van der Waals surface area contributed by atoms with Gasteiger partial charge in [-0.2, -0.15) is 13.2 Å². The molecule has 11 heteroatoms. The average molecular weight is 511 g/mol. The van der Waals surface area contributed by atoms with Crippen molar-refractivity contribution in [2.45, 2.75) is 19.2 Å². The number of amides is 1.